The molecular formula is C17H23ClF3N7O2. The Morgan fingerprint density at radius 3 is 2.23 bits per heavy atom. The van der Waals surface area contributed by atoms with Crippen molar-refractivity contribution in [1.29, 1.82) is 0 Å². The predicted molar refractivity (Wildman–Crippen MR) is 105 cm³/mol. The van der Waals surface area contributed by atoms with Crippen LogP contribution >= 0.6 is 12.4 Å². The van der Waals surface area contributed by atoms with Crippen molar-refractivity contribution in [2.24, 2.45) is 5.73 Å². The minimum Gasteiger partial charge on any atom is -0.338 e. The monoisotopic (exact) mass is 449 g/mol. The van der Waals surface area contributed by atoms with Gasteiger partial charge in [-0.25, -0.2) is 14.8 Å². The number of piperazine rings is 1. The number of anilines is 1. The Balaban J connectivity index is 0.00000320. The van der Waals surface area contributed by atoms with E-state index in [0.29, 0.717) is 32.7 Å². The van der Waals surface area contributed by atoms with Crippen LogP contribution in [0.2, 0.25) is 0 Å². The van der Waals surface area contributed by atoms with E-state index in [9.17, 15) is 22.8 Å². The van der Waals surface area contributed by atoms with Crippen LogP contribution in [-0.4, -0.2) is 62.1 Å². The van der Waals surface area contributed by atoms with E-state index in [1.807, 2.05) is 0 Å². The van der Waals surface area contributed by atoms with E-state index in [4.69, 9.17) is 5.73 Å². The van der Waals surface area contributed by atoms with Crippen molar-refractivity contribution >= 4 is 24.3 Å². The van der Waals surface area contributed by atoms with Crippen molar-refractivity contribution in [3.05, 3.63) is 40.8 Å². The Morgan fingerprint density at radius 1 is 1.13 bits per heavy atom. The highest BCUT2D eigenvalue weighted by Crippen LogP contribution is 2.28. The molecule has 1 aliphatic rings. The molecule has 3 heterocycles. The number of imidazole rings is 1. The first-order valence-corrected chi connectivity index (χ1v) is 9.08. The van der Waals surface area contributed by atoms with E-state index in [0.717, 1.165) is 12.4 Å². The second kappa shape index (κ2) is 9.47. The molecule has 0 unspecified atom stereocenters. The second-order valence-electron chi connectivity index (χ2n) is 6.98. The van der Waals surface area contributed by atoms with E-state index >= 15 is 0 Å². The lowest BCUT2D eigenvalue weighted by Gasteiger charge is -2.34. The number of alkyl halides is 3. The molecule has 0 aliphatic carbocycles. The van der Waals surface area contributed by atoms with E-state index < -0.39 is 11.7 Å². The van der Waals surface area contributed by atoms with Crippen LogP contribution in [0.4, 0.5) is 19.1 Å². The number of nitrogens with two attached hydrogens (primary N) is 1. The van der Waals surface area contributed by atoms with Gasteiger partial charge < -0.3 is 15.5 Å². The predicted octanol–water partition coefficient (Wildman–Crippen LogP) is 0.576. The summed E-state index contributed by atoms with van der Waals surface area (Å²) in [6.45, 7) is 3.56. The largest absolute Gasteiger partial charge is 0.419 e. The van der Waals surface area contributed by atoms with E-state index in [1.165, 1.54) is 9.13 Å². The highest BCUT2D eigenvalue weighted by Gasteiger charge is 2.32. The number of hydrogen-bond acceptors (Lipinski definition) is 6. The van der Waals surface area contributed by atoms with Crippen LogP contribution in [0.5, 0.6) is 0 Å². The van der Waals surface area contributed by atoms with E-state index in [1.54, 1.807) is 29.1 Å². The molecule has 0 saturated carbocycles. The van der Waals surface area contributed by atoms with Crippen LogP contribution in [0, 0.1) is 0 Å². The number of carbonyl (C=O) groups excluding carboxylic acids is 1. The van der Waals surface area contributed by atoms with Crippen molar-refractivity contribution in [2.45, 2.75) is 32.2 Å². The van der Waals surface area contributed by atoms with Gasteiger partial charge in [0.15, 0.2) is 0 Å². The molecule has 2 aromatic rings. The zero-order valence-corrected chi connectivity index (χ0v) is 17.1. The van der Waals surface area contributed by atoms with Gasteiger partial charge in [-0.05, 0) is 6.92 Å². The molecule has 13 heteroatoms. The van der Waals surface area contributed by atoms with Crippen molar-refractivity contribution in [3.63, 3.8) is 0 Å². The summed E-state index contributed by atoms with van der Waals surface area (Å²) >= 11 is 0. The Bertz CT molecular complexity index is 903. The van der Waals surface area contributed by atoms with Crippen LogP contribution in [0.3, 0.4) is 0 Å². The van der Waals surface area contributed by atoms with Gasteiger partial charge in [-0.15, -0.1) is 12.4 Å². The quantitative estimate of drug-likeness (QED) is 0.716. The first kappa shape index (κ1) is 23.7. The number of hydrogen-bond donors (Lipinski definition) is 1. The van der Waals surface area contributed by atoms with Gasteiger partial charge in [0.25, 0.3) is 0 Å². The van der Waals surface area contributed by atoms with Crippen LogP contribution in [0.25, 0.3) is 0 Å². The molecule has 1 amide bonds. The molecule has 1 aliphatic heterocycles. The number of nitrogens with zero attached hydrogens (tertiary/aromatic N) is 6. The maximum Gasteiger partial charge on any atom is 0.419 e. The van der Waals surface area contributed by atoms with Gasteiger partial charge >= 0.3 is 11.9 Å². The standard InChI is InChI=1S/C17H22F3N7O2.ClH/c1-12(21)10-26-6-7-27(16(26)29)11-14(28)24-2-4-25(5-3-24)15-22-8-13(9-23-15)17(18,19)20;/h6-9,12H,2-5,10-11,21H2,1H3;1H/t12-;/m0./s1. The topological polar surface area (TPSA) is 102 Å². The molecular weight excluding hydrogens is 427 g/mol. The van der Waals surface area contributed by atoms with Crippen LogP contribution in [-0.2, 0) is 24.1 Å². The average Bonchev–Trinajstić information content (AvgIpc) is 3.00. The molecule has 2 N–H and O–H groups in total. The maximum absolute atomic E-state index is 12.6. The Kier molecular flexibility index (Phi) is 7.48. The van der Waals surface area contributed by atoms with Crippen molar-refractivity contribution in [2.75, 3.05) is 31.1 Å². The van der Waals surface area contributed by atoms with Gasteiger partial charge in [0.1, 0.15) is 6.54 Å². The van der Waals surface area contributed by atoms with Crippen molar-refractivity contribution in [1.82, 2.24) is 24.0 Å². The maximum atomic E-state index is 12.6. The van der Waals surface area contributed by atoms with Crippen molar-refractivity contribution < 1.29 is 18.0 Å². The highest BCUT2D eigenvalue weighted by molar-refractivity contribution is 5.85. The summed E-state index contributed by atoms with van der Waals surface area (Å²) in [7, 11) is 0. The number of halogens is 4. The molecule has 3 rings (SSSR count). The lowest BCUT2D eigenvalue weighted by molar-refractivity contribution is -0.138. The molecule has 166 valence electrons. The minimum atomic E-state index is -4.48. The molecule has 30 heavy (non-hydrogen) atoms. The Hall–Kier alpha value is -2.60. The molecule has 2 aromatic heterocycles. The lowest BCUT2D eigenvalue weighted by atomic mass is 10.3. The van der Waals surface area contributed by atoms with E-state index in [2.05, 4.69) is 9.97 Å². The Labute approximate surface area is 176 Å². The van der Waals surface area contributed by atoms with Gasteiger partial charge in [0.2, 0.25) is 11.9 Å². The third-order valence-electron chi connectivity index (χ3n) is 4.59. The summed E-state index contributed by atoms with van der Waals surface area (Å²) < 4.78 is 40.6. The smallest absolute Gasteiger partial charge is 0.338 e. The third-order valence-corrected chi connectivity index (χ3v) is 4.59. The number of carbonyl (C=O) groups is 1. The number of rotatable bonds is 5. The molecule has 1 saturated heterocycles. The fraction of sp³-hybridized carbons (Fsp3) is 0.529. The van der Waals surface area contributed by atoms with Crippen molar-refractivity contribution in [3.8, 4) is 0 Å². The van der Waals surface area contributed by atoms with Crippen LogP contribution in [0.15, 0.2) is 29.6 Å². The summed E-state index contributed by atoms with van der Waals surface area (Å²) in [6.07, 6.45) is 0.162. The van der Waals surface area contributed by atoms with Gasteiger partial charge in [0.05, 0.1) is 5.56 Å². The third kappa shape index (κ3) is 5.51. The lowest BCUT2D eigenvalue weighted by Crippen LogP contribution is -2.50. The molecule has 0 bridgehead atoms. The van der Waals surface area contributed by atoms with Gasteiger partial charge in [-0.1, -0.05) is 0 Å². The summed E-state index contributed by atoms with van der Waals surface area (Å²) in [4.78, 5) is 35.6. The fourth-order valence-electron chi connectivity index (χ4n) is 3.06. The van der Waals surface area contributed by atoms with E-state index in [-0.39, 0.29) is 42.5 Å². The van der Waals surface area contributed by atoms with Crippen LogP contribution < -0.4 is 16.3 Å². The van der Waals surface area contributed by atoms with Crippen LogP contribution in [0.1, 0.15) is 12.5 Å². The summed E-state index contributed by atoms with van der Waals surface area (Å²) in [6, 6.07) is -0.181. The molecule has 1 fully saturated rings. The highest BCUT2D eigenvalue weighted by atomic mass is 35.5. The first-order chi connectivity index (χ1) is 13.6. The fourth-order valence-corrected chi connectivity index (χ4v) is 3.06. The average molecular weight is 450 g/mol. The zero-order valence-electron chi connectivity index (χ0n) is 16.2. The SMILES string of the molecule is C[C@H](N)Cn1ccn(CC(=O)N2CCN(c3ncc(C(F)(F)F)cn3)CC2)c1=O.Cl. The van der Waals surface area contributed by atoms with Gasteiger partial charge in [-0.2, -0.15) is 13.2 Å². The Morgan fingerprint density at radius 2 is 1.70 bits per heavy atom. The number of amides is 1. The number of aromatic nitrogens is 4. The molecule has 0 radical (unpaired) electrons. The zero-order chi connectivity index (χ0) is 21.2. The molecule has 1 atom stereocenters. The summed E-state index contributed by atoms with van der Waals surface area (Å²) in [5, 5.41) is 0. The second-order valence-corrected chi connectivity index (χ2v) is 6.98. The summed E-state index contributed by atoms with van der Waals surface area (Å²) in [5.41, 5.74) is 4.49. The van der Waals surface area contributed by atoms with Gasteiger partial charge in [0, 0.05) is 63.6 Å². The molecule has 9 nitrogen and oxygen atoms in total. The summed E-state index contributed by atoms with van der Waals surface area (Å²) in [5.74, 6) is -0.0204. The minimum absolute atomic E-state index is 0. The van der Waals surface area contributed by atoms with Gasteiger partial charge in [-0.3, -0.25) is 13.9 Å². The first-order valence-electron chi connectivity index (χ1n) is 9.08. The normalized spacial score (nSPS) is 15.6. The molecule has 0 aromatic carbocycles. The molecule has 0 spiro atoms.